The van der Waals surface area contributed by atoms with Crippen molar-refractivity contribution in [2.24, 2.45) is 4.99 Å². The first kappa shape index (κ1) is 22.6. The lowest BCUT2D eigenvalue weighted by atomic mass is 9.93. The quantitative estimate of drug-likeness (QED) is 0.745. The minimum absolute atomic E-state index is 0.0278. The van der Waals surface area contributed by atoms with Gasteiger partial charge in [-0.2, -0.15) is 13.2 Å². The largest absolute Gasteiger partial charge is 0.417 e. The van der Waals surface area contributed by atoms with E-state index in [1.54, 1.807) is 6.08 Å². The van der Waals surface area contributed by atoms with Gasteiger partial charge in [0.05, 0.1) is 32.0 Å². The molecule has 7 nitrogen and oxygen atoms in total. The summed E-state index contributed by atoms with van der Waals surface area (Å²) in [5.41, 5.74) is 6.18. The number of ether oxygens (including phenoxy) is 2. The highest BCUT2D eigenvalue weighted by Crippen LogP contribution is 2.38. The van der Waals surface area contributed by atoms with Crippen LogP contribution in [0.15, 0.2) is 34.7 Å². The maximum atomic E-state index is 13.8. The van der Waals surface area contributed by atoms with Crippen molar-refractivity contribution < 1.29 is 22.6 Å². The van der Waals surface area contributed by atoms with Crippen molar-refractivity contribution in [1.82, 2.24) is 14.8 Å². The molecule has 32 heavy (non-hydrogen) atoms. The molecular weight excluding hydrogens is 423 g/mol. The smallest absolute Gasteiger partial charge is 0.384 e. The summed E-state index contributed by atoms with van der Waals surface area (Å²) >= 11 is 0. The Morgan fingerprint density at radius 3 is 2.22 bits per heavy atom. The molecule has 1 aromatic rings. The number of halogens is 3. The Balaban J connectivity index is 1.81. The molecule has 0 saturated carbocycles. The molecule has 10 heteroatoms. The van der Waals surface area contributed by atoms with Gasteiger partial charge in [0, 0.05) is 44.4 Å². The predicted molar refractivity (Wildman–Crippen MR) is 116 cm³/mol. The van der Waals surface area contributed by atoms with E-state index >= 15 is 0 Å². The van der Waals surface area contributed by atoms with E-state index in [9.17, 15) is 13.2 Å². The Morgan fingerprint density at radius 1 is 0.969 bits per heavy atom. The first-order valence-electron chi connectivity index (χ1n) is 10.8. The Hall–Kier alpha value is -2.59. The van der Waals surface area contributed by atoms with Crippen LogP contribution in [-0.4, -0.2) is 73.2 Å². The molecular formula is C22H28F3N5O2. The second kappa shape index (κ2) is 9.50. The molecule has 3 aliphatic rings. The molecule has 4 heterocycles. The number of hydrogen-bond donors (Lipinski definition) is 1. The van der Waals surface area contributed by atoms with E-state index in [0.29, 0.717) is 63.8 Å². The number of allylic oxidation sites excluding steroid dienone is 3. The van der Waals surface area contributed by atoms with E-state index in [1.807, 2.05) is 6.92 Å². The number of aliphatic imine (C=N–C) groups is 1. The number of alkyl halides is 3. The highest BCUT2D eigenvalue weighted by atomic mass is 19.4. The molecule has 1 aromatic heterocycles. The lowest BCUT2D eigenvalue weighted by Crippen LogP contribution is -2.42. The Labute approximate surface area is 185 Å². The number of nitrogens with two attached hydrogens (primary N) is 1. The Bertz CT molecular complexity index is 930. The first-order valence-corrected chi connectivity index (χ1v) is 10.8. The van der Waals surface area contributed by atoms with Crippen LogP contribution in [0.1, 0.15) is 30.9 Å². The van der Waals surface area contributed by atoms with Gasteiger partial charge in [0.25, 0.3) is 0 Å². The summed E-state index contributed by atoms with van der Waals surface area (Å²) in [6.45, 7) is 7.03. The van der Waals surface area contributed by atoms with Crippen LogP contribution in [0.5, 0.6) is 0 Å². The molecule has 4 rings (SSSR count). The van der Waals surface area contributed by atoms with Crippen LogP contribution in [0.4, 0.5) is 19.0 Å². The highest BCUT2D eigenvalue weighted by Gasteiger charge is 2.35. The number of amidine groups is 1. The summed E-state index contributed by atoms with van der Waals surface area (Å²) < 4.78 is 52.5. The van der Waals surface area contributed by atoms with E-state index in [1.165, 1.54) is 6.20 Å². The minimum Gasteiger partial charge on any atom is -0.384 e. The van der Waals surface area contributed by atoms with E-state index in [-0.39, 0.29) is 11.4 Å². The van der Waals surface area contributed by atoms with Gasteiger partial charge in [0.2, 0.25) is 0 Å². The number of aromatic nitrogens is 1. The number of rotatable bonds is 2. The lowest BCUT2D eigenvalue weighted by Gasteiger charge is -2.34. The minimum atomic E-state index is -4.54. The number of nitrogens with zero attached hydrogens (tertiary/aromatic N) is 4. The fraction of sp³-hybridized carbons (Fsp3) is 0.545. The standard InChI is InChI=1S/C22H28F3N5O2/c1-15-2-3-20(29-4-8-31-9-5-29)28-21(30-6-10-32-11-7-30)12-16(15)17-14-27-19(26)13-18(17)22(23,24)25/h12-14H,2-11H2,1H3,(H2,26,27). The van der Waals surface area contributed by atoms with Gasteiger partial charge in [-0.05, 0) is 31.1 Å². The van der Waals surface area contributed by atoms with Crippen LogP contribution in [0, 0.1) is 0 Å². The van der Waals surface area contributed by atoms with Crippen molar-refractivity contribution in [1.29, 1.82) is 0 Å². The fourth-order valence-electron chi connectivity index (χ4n) is 4.14. The monoisotopic (exact) mass is 451 g/mol. The van der Waals surface area contributed by atoms with Gasteiger partial charge in [-0.15, -0.1) is 0 Å². The van der Waals surface area contributed by atoms with Gasteiger partial charge in [0.1, 0.15) is 17.5 Å². The molecule has 0 spiro atoms. The maximum Gasteiger partial charge on any atom is 0.417 e. The van der Waals surface area contributed by atoms with Crippen LogP contribution in [0.2, 0.25) is 0 Å². The van der Waals surface area contributed by atoms with E-state index < -0.39 is 11.7 Å². The fourth-order valence-corrected chi connectivity index (χ4v) is 4.14. The zero-order chi connectivity index (χ0) is 22.7. The van der Waals surface area contributed by atoms with Crippen LogP contribution in [-0.2, 0) is 15.7 Å². The van der Waals surface area contributed by atoms with Crippen LogP contribution in [0.25, 0.3) is 5.57 Å². The van der Waals surface area contributed by atoms with Gasteiger partial charge in [-0.1, -0.05) is 5.57 Å². The molecule has 0 bridgehead atoms. The molecule has 2 N–H and O–H groups in total. The van der Waals surface area contributed by atoms with Crippen LogP contribution >= 0.6 is 0 Å². The van der Waals surface area contributed by atoms with Crippen LogP contribution < -0.4 is 5.73 Å². The Kier molecular flexibility index (Phi) is 6.71. The van der Waals surface area contributed by atoms with E-state index in [4.69, 9.17) is 20.2 Å². The second-order valence-corrected chi connectivity index (χ2v) is 8.08. The van der Waals surface area contributed by atoms with Crippen LogP contribution in [0.3, 0.4) is 0 Å². The van der Waals surface area contributed by atoms with Crippen molar-refractivity contribution in [3.8, 4) is 0 Å². The first-order chi connectivity index (χ1) is 15.3. The summed E-state index contributed by atoms with van der Waals surface area (Å²) in [6.07, 6.45) is -0.320. The van der Waals surface area contributed by atoms with Gasteiger partial charge < -0.3 is 25.0 Å². The predicted octanol–water partition coefficient (Wildman–Crippen LogP) is 3.15. The number of nitrogen functional groups attached to an aromatic ring is 1. The third-order valence-electron chi connectivity index (χ3n) is 5.93. The molecule has 0 unspecified atom stereocenters. The number of anilines is 1. The van der Waals surface area contributed by atoms with Gasteiger partial charge in [0.15, 0.2) is 0 Å². The Morgan fingerprint density at radius 2 is 1.59 bits per heavy atom. The molecule has 0 radical (unpaired) electrons. The summed E-state index contributed by atoms with van der Waals surface area (Å²) in [7, 11) is 0. The zero-order valence-corrected chi connectivity index (χ0v) is 18.1. The average Bonchev–Trinajstić information content (AvgIpc) is 2.78. The van der Waals surface area contributed by atoms with Gasteiger partial charge in [-0.3, -0.25) is 0 Å². The molecule has 0 amide bonds. The highest BCUT2D eigenvalue weighted by molar-refractivity contribution is 5.87. The van der Waals surface area contributed by atoms with E-state index in [0.717, 1.165) is 30.6 Å². The summed E-state index contributed by atoms with van der Waals surface area (Å²) in [5, 5.41) is 0. The molecule has 0 atom stereocenters. The van der Waals surface area contributed by atoms with Gasteiger partial charge >= 0.3 is 6.18 Å². The average molecular weight is 451 g/mol. The molecule has 2 fully saturated rings. The van der Waals surface area contributed by atoms with E-state index in [2.05, 4.69) is 14.8 Å². The second-order valence-electron chi connectivity index (χ2n) is 8.08. The van der Waals surface area contributed by atoms with Crippen molar-refractivity contribution in [2.75, 3.05) is 58.3 Å². The van der Waals surface area contributed by atoms with Crippen molar-refractivity contribution in [2.45, 2.75) is 25.9 Å². The van der Waals surface area contributed by atoms with Crippen molar-refractivity contribution in [3.05, 3.63) is 40.9 Å². The normalized spacial score (nSPS) is 21.1. The molecule has 0 aromatic carbocycles. The zero-order valence-electron chi connectivity index (χ0n) is 18.1. The SMILES string of the molecule is CC1=C(c2cnc(N)cc2C(F)(F)F)C=C(N2CCOCC2)N=C(N2CCOCC2)CC1. The number of hydrogen-bond acceptors (Lipinski definition) is 7. The van der Waals surface area contributed by atoms with Crippen molar-refractivity contribution in [3.63, 3.8) is 0 Å². The maximum absolute atomic E-state index is 13.8. The molecule has 0 aliphatic carbocycles. The summed E-state index contributed by atoms with van der Waals surface area (Å²) in [4.78, 5) is 13.2. The number of pyridine rings is 1. The molecule has 3 aliphatic heterocycles. The van der Waals surface area contributed by atoms with Gasteiger partial charge in [-0.25, -0.2) is 9.98 Å². The topological polar surface area (TPSA) is 76.2 Å². The molecule has 2 saturated heterocycles. The third-order valence-corrected chi connectivity index (χ3v) is 5.93. The third kappa shape index (κ3) is 5.07. The summed E-state index contributed by atoms with van der Waals surface area (Å²) in [5.74, 6) is 1.43. The number of morpholine rings is 2. The molecule has 174 valence electrons. The van der Waals surface area contributed by atoms with Crippen molar-refractivity contribution >= 4 is 17.2 Å². The summed E-state index contributed by atoms with van der Waals surface area (Å²) in [6, 6.07) is 0.902. The lowest BCUT2D eigenvalue weighted by molar-refractivity contribution is -0.137.